The van der Waals surface area contributed by atoms with E-state index in [1.807, 2.05) is 23.3 Å². The van der Waals surface area contributed by atoms with Crippen molar-refractivity contribution < 1.29 is 14.0 Å². The molecule has 1 aliphatic rings. The van der Waals surface area contributed by atoms with Gasteiger partial charge in [0.05, 0.1) is 12.5 Å². The average molecular weight is 427 g/mol. The van der Waals surface area contributed by atoms with Crippen LogP contribution < -0.4 is 11.1 Å². The lowest BCUT2D eigenvalue weighted by Crippen LogP contribution is -2.44. The van der Waals surface area contributed by atoms with E-state index in [-0.39, 0.29) is 24.3 Å². The number of aromatic nitrogens is 3. The van der Waals surface area contributed by atoms with Crippen molar-refractivity contribution in [3.05, 3.63) is 35.5 Å². The number of thiazole rings is 1. The molecule has 0 spiro atoms. The molecule has 9 nitrogen and oxygen atoms in total. The van der Waals surface area contributed by atoms with Gasteiger partial charge in [0.15, 0.2) is 11.6 Å². The van der Waals surface area contributed by atoms with Crippen LogP contribution in [0, 0.1) is 12.8 Å². The lowest BCUT2D eigenvalue weighted by Gasteiger charge is -2.30. The second kappa shape index (κ2) is 8.72. The number of piperidine rings is 1. The van der Waals surface area contributed by atoms with Gasteiger partial charge in [-0.05, 0) is 38.4 Å². The quantitative estimate of drug-likeness (QED) is 0.619. The summed E-state index contributed by atoms with van der Waals surface area (Å²) >= 11 is 1.45. The van der Waals surface area contributed by atoms with Crippen molar-refractivity contribution in [2.45, 2.75) is 19.8 Å². The molecule has 1 saturated heterocycles. The number of likely N-dealkylation sites (tertiary alicyclic amines) is 1. The minimum atomic E-state index is -0.317. The fourth-order valence-electron chi connectivity index (χ4n) is 3.45. The Hall–Kier alpha value is -3.11. The monoisotopic (exact) mass is 426 g/mol. The highest BCUT2D eigenvalue weighted by molar-refractivity contribution is 7.13. The van der Waals surface area contributed by atoms with Crippen molar-refractivity contribution >= 4 is 29.0 Å². The summed E-state index contributed by atoms with van der Waals surface area (Å²) in [5.41, 5.74) is 6.03. The highest BCUT2D eigenvalue weighted by Gasteiger charge is 2.25. The van der Waals surface area contributed by atoms with Crippen LogP contribution in [0.15, 0.2) is 34.2 Å². The molecule has 4 rings (SSSR count). The molecule has 1 fully saturated rings. The van der Waals surface area contributed by atoms with E-state index in [9.17, 15) is 9.59 Å². The number of nitrogens with zero attached hydrogens (tertiary/aromatic N) is 4. The number of anilines is 1. The number of carbonyl (C=O) groups is 2. The summed E-state index contributed by atoms with van der Waals surface area (Å²) in [7, 11) is 0. The molecule has 1 atom stereocenters. The minimum absolute atomic E-state index is 0.162. The van der Waals surface area contributed by atoms with E-state index in [0.717, 1.165) is 30.2 Å². The fourth-order valence-corrected chi connectivity index (χ4v) is 4.05. The number of hydrogen-bond acceptors (Lipinski definition) is 8. The predicted octanol–water partition coefficient (Wildman–Crippen LogP) is 2.30. The maximum absolute atomic E-state index is 12.6. The van der Waals surface area contributed by atoms with Gasteiger partial charge in [-0.3, -0.25) is 14.5 Å². The molecule has 0 radical (unpaired) electrons. The number of nitrogens with two attached hydrogens (primary N) is 1. The van der Waals surface area contributed by atoms with Crippen LogP contribution in [0.3, 0.4) is 0 Å². The molecule has 0 aromatic carbocycles. The van der Waals surface area contributed by atoms with Gasteiger partial charge in [-0.2, -0.15) is 0 Å². The second-order valence-corrected chi connectivity index (χ2v) is 8.13. The van der Waals surface area contributed by atoms with E-state index in [2.05, 4.69) is 20.3 Å². The van der Waals surface area contributed by atoms with E-state index >= 15 is 0 Å². The molecule has 4 heterocycles. The number of nitrogens with one attached hydrogen (secondary N) is 1. The molecule has 1 aliphatic heterocycles. The molecular weight excluding hydrogens is 404 g/mol. The van der Waals surface area contributed by atoms with Crippen LogP contribution in [0.5, 0.6) is 0 Å². The first-order valence-corrected chi connectivity index (χ1v) is 10.5. The van der Waals surface area contributed by atoms with Gasteiger partial charge in [-0.1, -0.05) is 0 Å². The molecule has 30 heavy (non-hydrogen) atoms. The predicted molar refractivity (Wildman–Crippen MR) is 113 cm³/mol. The summed E-state index contributed by atoms with van der Waals surface area (Å²) in [6, 6.07) is 5.32. The smallest absolute Gasteiger partial charge is 0.239 e. The summed E-state index contributed by atoms with van der Waals surface area (Å²) in [5, 5.41) is 5.42. The first kappa shape index (κ1) is 20.2. The Morgan fingerprint density at radius 1 is 1.37 bits per heavy atom. The van der Waals surface area contributed by atoms with Gasteiger partial charge in [0.2, 0.25) is 11.8 Å². The highest BCUT2D eigenvalue weighted by Crippen LogP contribution is 2.26. The van der Waals surface area contributed by atoms with E-state index in [1.165, 1.54) is 11.3 Å². The number of amides is 2. The first-order chi connectivity index (χ1) is 14.5. The minimum Gasteiger partial charge on any atom is -0.458 e. The van der Waals surface area contributed by atoms with Crippen LogP contribution in [0.1, 0.15) is 18.6 Å². The molecule has 10 heteroatoms. The van der Waals surface area contributed by atoms with E-state index in [0.29, 0.717) is 29.6 Å². The fraction of sp³-hybridized carbons (Fsp3) is 0.350. The largest absolute Gasteiger partial charge is 0.458 e. The molecule has 0 aliphatic carbocycles. The highest BCUT2D eigenvalue weighted by atomic mass is 32.1. The molecule has 2 amide bonds. The standard InChI is InChI=1S/C20H22N6O3S/c1-12-4-5-15(29-12)19-23-14(20-22-6-8-30-20)9-16(25-19)24-17(27)11-26-7-2-3-13(10-26)18(21)28/h4-6,8-9,13H,2-3,7,10-11H2,1H3,(H2,21,28)(H,23,24,25,27). The van der Waals surface area contributed by atoms with E-state index in [4.69, 9.17) is 10.2 Å². The lowest BCUT2D eigenvalue weighted by atomic mass is 9.97. The van der Waals surface area contributed by atoms with Crippen molar-refractivity contribution in [2.24, 2.45) is 11.7 Å². The lowest BCUT2D eigenvalue weighted by molar-refractivity contribution is -0.125. The van der Waals surface area contributed by atoms with Gasteiger partial charge >= 0.3 is 0 Å². The van der Waals surface area contributed by atoms with Crippen molar-refractivity contribution in [3.8, 4) is 22.3 Å². The van der Waals surface area contributed by atoms with Crippen molar-refractivity contribution in [1.82, 2.24) is 19.9 Å². The van der Waals surface area contributed by atoms with Gasteiger partial charge in [0, 0.05) is 24.2 Å². The van der Waals surface area contributed by atoms with Crippen molar-refractivity contribution in [1.29, 1.82) is 0 Å². The molecule has 0 saturated carbocycles. The van der Waals surface area contributed by atoms with Crippen molar-refractivity contribution in [2.75, 3.05) is 25.0 Å². The number of hydrogen-bond donors (Lipinski definition) is 2. The van der Waals surface area contributed by atoms with Crippen LogP contribution in [0.25, 0.3) is 22.3 Å². The summed E-state index contributed by atoms with van der Waals surface area (Å²) in [4.78, 5) is 39.3. The number of rotatable bonds is 6. The van der Waals surface area contributed by atoms with Crippen LogP contribution in [0.2, 0.25) is 0 Å². The summed E-state index contributed by atoms with van der Waals surface area (Å²) < 4.78 is 5.65. The SMILES string of the molecule is Cc1ccc(-c2nc(NC(=O)CN3CCCC(C(N)=O)C3)cc(-c3nccs3)n2)o1. The van der Waals surface area contributed by atoms with Gasteiger partial charge in [0.25, 0.3) is 0 Å². The summed E-state index contributed by atoms with van der Waals surface area (Å²) in [6.45, 7) is 3.25. The second-order valence-electron chi connectivity index (χ2n) is 7.23. The summed E-state index contributed by atoms with van der Waals surface area (Å²) in [6.07, 6.45) is 3.30. The molecule has 0 bridgehead atoms. The Kier molecular flexibility index (Phi) is 5.86. The Bertz CT molecular complexity index is 1050. The van der Waals surface area contributed by atoms with E-state index in [1.54, 1.807) is 18.3 Å². The zero-order valence-electron chi connectivity index (χ0n) is 16.5. The van der Waals surface area contributed by atoms with E-state index < -0.39 is 0 Å². The Morgan fingerprint density at radius 3 is 2.93 bits per heavy atom. The number of primary amides is 1. The molecule has 156 valence electrons. The number of furan rings is 1. The maximum atomic E-state index is 12.6. The van der Waals surface area contributed by atoms with Gasteiger partial charge < -0.3 is 15.5 Å². The Balaban J connectivity index is 1.53. The molecule has 3 N–H and O–H groups in total. The third kappa shape index (κ3) is 4.71. The Labute approximate surface area is 177 Å². The Morgan fingerprint density at radius 2 is 2.23 bits per heavy atom. The van der Waals surface area contributed by atoms with Gasteiger partial charge in [-0.15, -0.1) is 11.3 Å². The molecule has 3 aromatic rings. The van der Waals surface area contributed by atoms with Crippen LogP contribution in [0.4, 0.5) is 5.82 Å². The zero-order chi connectivity index (χ0) is 21.1. The first-order valence-electron chi connectivity index (χ1n) is 9.65. The van der Waals surface area contributed by atoms with Crippen LogP contribution in [-0.4, -0.2) is 51.3 Å². The van der Waals surface area contributed by atoms with Gasteiger partial charge in [-0.25, -0.2) is 15.0 Å². The maximum Gasteiger partial charge on any atom is 0.239 e. The molecule has 3 aromatic heterocycles. The van der Waals surface area contributed by atoms with Gasteiger partial charge in [0.1, 0.15) is 22.3 Å². The van der Waals surface area contributed by atoms with Crippen LogP contribution in [-0.2, 0) is 9.59 Å². The third-order valence-electron chi connectivity index (χ3n) is 4.88. The molecule has 1 unspecified atom stereocenters. The number of carbonyl (C=O) groups excluding carboxylic acids is 2. The topological polar surface area (TPSA) is 127 Å². The third-order valence-corrected chi connectivity index (χ3v) is 5.68. The molecular formula is C20H22N6O3S. The summed E-state index contributed by atoms with van der Waals surface area (Å²) in [5.74, 6) is 1.25. The average Bonchev–Trinajstić information content (AvgIpc) is 3.40. The van der Waals surface area contributed by atoms with Crippen molar-refractivity contribution in [3.63, 3.8) is 0 Å². The van der Waals surface area contributed by atoms with Crippen LogP contribution >= 0.6 is 11.3 Å². The normalized spacial score (nSPS) is 17.0. The number of aryl methyl sites for hydroxylation is 1. The zero-order valence-corrected chi connectivity index (χ0v) is 17.3.